The molecular formula is C15H28N2O. The fourth-order valence-electron chi connectivity index (χ4n) is 3.00. The molecular weight excluding hydrogens is 224 g/mol. The van der Waals surface area contributed by atoms with Gasteiger partial charge in [-0.15, -0.1) is 0 Å². The SMILES string of the molecule is CC(CC1CC1)NC(C)C(=O)NC1CCCCC1. The zero-order valence-corrected chi connectivity index (χ0v) is 11.9. The topological polar surface area (TPSA) is 41.1 Å². The van der Waals surface area contributed by atoms with E-state index in [1.165, 1.54) is 38.5 Å². The molecule has 2 atom stereocenters. The molecule has 2 rings (SSSR count). The molecule has 0 bridgehead atoms. The van der Waals surface area contributed by atoms with Crippen LogP contribution in [0.4, 0.5) is 0 Å². The zero-order valence-electron chi connectivity index (χ0n) is 11.9. The van der Waals surface area contributed by atoms with Crippen LogP contribution < -0.4 is 10.6 Å². The lowest BCUT2D eigenvalue weighted by molar-refractivity contribution is -0.123. The van der Waals surface area contributed by atoms with E-state index in [1.54, 1.807) is 0 Å². The van der Waals surface area contributed by atoms with Crippen LogP contribution in [0, 0.1) is 5.92 Å². The average Bonchev–Trinajstić information content (AvgIpc) is 3.14. The fourth-order valence-corrected chi connectivity index (χ4v) is 3.00. The minimum Gasteiger partial charge on any atom is -0.352 e. The third kappa shape index (κ3) is 4.60. The Hall–Kier alpha value is -0.570. The van der Waals surface area contributed by atoms with Crippen LogP contribution in [0.25, 0.3) is 0 Å². The maximum absolute atomic E-state index is 12.1. The highest BCUT2D eigenvalue weighted by molar-refractivity contribution is 5.81. The summed E-state index contributed by atoms with van der Waals surface area (Å²) in [6.45, 7) is 4.18. The summed E-state index contributed by atoms with van der Waals surface area (Å²) in [4.78, 5) is 12.1. The summed E-state index contributed by atoms with van der Waals surface area (Å²) >= 11 is 0. The van der Waals surface area contributed by atoms with Crippen molar-refractivity contribution < 1.29 is 4.79 Å². The molecule has 2 saturated carbocycles. The van der Waals surface area contributed by atoms with E-state index in [4.69, 9.17) is 0 Å². The van der Waals surface area contributed by atoms with Crippen molar-refractivity contribution in [2.24, 2.45) is 5.92 Å². The first-order valence-corrected chi connectivity index (χ1v) is 7.71. The van der Waals surface area contributed by atoms with E-state index in [0.29, 0.717) is 12.1 Å². The molecule has 3 heteroatoms. The molecule has 0 saturated heterocycles. The quantitative estimate of drug-likeness (QED) is 0.763. The average molecular weight is 252 g/mol. The monoisotopic (exact) mass is 252 g/mol. The van der Waals surface area contributed by atoms with E-state index < -0.39 is 0 Å². The summed E-state index contributed by atoms with van der Waals surface area (Å²) in [5.41, 5.74) is 0. The summed E-state index contributed by atoms with van der Waals surface area (Å²) in [5.74, 6) is 1.10. The maximum Gasteiger partial charge on any atom is 0.237 e. The number of hydrogen-bond acceptors (Lipinski definition) is 2. The lowest BCUT2D eigenvalue weighted by atomic mass is 9.95. The van der Waals surface area contributed by atoms with Gasteiger partial charge in [-0.05, 0) is 39.0 Å². The number of amides is 1. The van der Waals surface area contributed by atoms with Crippen molar-refractivity contribution >= 4 is 5.91 Å². The molecule has 2 N–H and O–H groups in total. The molecule has 104 valence electrons. The molecule has 0 aromatic rings. The van der Waals surface area contributed by atoms with Gasteiger partial charge < -0.3 is 10.6 Å². The largest absolute Gasteiger partial charge is 0.352 e. The molecule has 0 radical (unpaired) electrons. The van der Waals surface area contributed by atoms with Crippen LogP contribution in [-0.2, 0) is 4.79 Å². The summed E-state index contributed by atoms with van der Waals surface area (Å²) in [6.07, 6.45) is 10.2. The Balaban J connectivity index is 1.66. The van der Waals surface area contributed by atoms with Gasteiger partial charge in [0.2, 0.25) is 5.91 Å². The molecule has 0 heterocycles. The second-order valence-electron chi connectivity index (χ2n) is 6.31. The number of nitrogens with one attached hydrogen (secondary N) is 2. The highest BCUT2D eigenvalue weighted by Crippen LogP contribution is 2.33. The summed E-state index contributed by atoms with van der Waals surface area (Å²) < 4.78 is 0. The lowest BCUT2D eigenvalue weighted by Gasteiger charge is -2.26. The molecule has 0 aromatic heterocycles. The van der Waals surface area contributed by atoms with Gasteiger partial charge in [-0.2, -0.15) is 0 Å². The Morgan fingerprint density at radius 1 is 1.11 bits per heavy atom. The van der Waals surface area contributed by atoms with Crippen LogP contribution in [0.15, 0.2) is 0 Å². The summed E-state index contributed by atoms with van der Waals surface area (Å²) in [7, 11) is 0. The van der Waals surface area contributed by atoms with Crippen molar-refractivity contribution in [3.8, 4) is 0 Å². The van der Waals surface area contributed by atoms with Crippen LogP contribution in [0.1, 0.15) is 65.2 Å². The fraction of sp³-hybridized carbons (Fsp3) is 0.933. The first-order valence-electron chi connectivity index (χ1n) is 7.71. The van der Waals surface area contributed by atoms with Gasteiger partial charge in [-0.3, -0.25) is 4.79 Å². The normalized spacial score (nSPS) is 24.6. The Morgan fingerprint density at radius 3 is 2.39 bits per heavy atom. The van der Waals surface area contributed by atoms with Crippen molar-refractivity contribution in [1.82, 2.24) is 10.6 Å². The van der Waals surface area contributed by atoms with Gasteiger partial charge in [0.15, 0.2) is 0 Å². The van der Waals surface area contributed by atoms with E-state index in [9.17, 15) is 4.79 Å². The van der Waals surface area contributed by atoms with E-state index in [2.05, 4.69) is 17.6 Å². The molecule has 0 spiro atoms. The lowest BCUT2D eigenvalue weighted by Crippen LogP contribution is -2.49. The second kappa shape index (κ2) is 6.55. The van der Waals surface area contributed by atoms with Crippen LogP contribution in [-0.4, -0.2) is 24.0 Å². The molecule has 18 heavy (non-hydrogen) atoms. The van der Waals surface area contributed by atoms with Gasteiger partial charge in [0.1, 0.15) is 0 Å². The molecule has 0 aliphatic heterocycles. The van der Waals surface area contributed by atoms with Crippen LogP contribution in [0.2, 0.25) is 0 Å². The van der Waals surface area contributed by atoms with E-state index in [-0.39, 0.29) is 11.9 Å². The minimum atomic E-state index is -0.0549. The molecule has 2 unspecified atom stereocenters. The Morgan fingerprint density at radius 2 is 1.78 bits per heavy atom. The van der Waals surface area contributed by atoms with Crippen LogP contribution in [0.3, 0.4) is 0 Å². The summed E-state index contributed by atoms with van der Waals surface area (Å²) in [6, 6.07) is 0.833. The van der Waals surface area contributed by atoms with Crippen molar-refractivity contribution in [3.05, 3.63) is 0 Å². The first-order chi connectivity index (χ1) is 8.65. The zero-order chi connectivity index (χ0) is 13.0. The van der Waals surface area contributed by atoms with Gasteiger partial charge in [0.25, 0.3) is 0 Å². The minimum absolute atomic E-state index is 0.0549. The van der Waals surface area contributed by atoms with Gasteiger partial charge in [-0.1, -0.05) is 32.1 Å². The molecule has 2 aliphatic carbocycles. The van der Waals surface area contributed by atoms with Crippen molar-refractivity contribution in [1.29, 1.82) is 0 Å². The first kappa shape index (κ1) is 13.9. The van der Waals surface area contributed by atoms with Crippen molar-refractivity contribution in [3.63, 3.8) is 0 Å². The standard InChI is InChI=1S/C15H28N2O/c1-11(10-13-8-9-13)16-12(2)15(18)17-14-6-4-3-5-7-14/h11-14,16H,3-10H2,1-2H3,(H,17,18). The van der Waals surface area contributed by atoms with Crippen LogP contribution in [0.5, 0.6) is 0 Å². The van der Waals surface area contributed by atoms with Gasteiger partial charge in [0, 0.05) is 12.1 Å². The van der Waals surface area contributed by atoms with Gasteiger partial charge in [0.05, 0.1) is 6.04 Å². The Kier molecular flexibility index (Phi) is 5.04. The molecule has 2 aliphatic rings. The molecule has 2 fully saturated rings. The van der Waals surface area contributed by atoms with Crippen molar-refractivity contribution in [2.75, 3.05) is 0 Å². The van der Waals surface area contributed by atoms with E-state index >= 15 is 0 Å². The maximum atomic E-state index is 12.1. The number of carbonyl (C=O) groups excluding carboxylic acids is 1. The van der Waals surface area contributed by atoms with Crippen molar-refractivity contribution in [2.45, 2.75) is 83.3 Å². The number of carbonyl (C=O) groups is 1. The summed E-state index contributed by atoms with van der Waals surface area (Å²) in [5, 5.41) is 6.62. The van der Waals surface area contributed by atoms with Crippen LogP contribution >= 0.6 is 0 Å². The predicted octanol–water partition coefficient (Wildman–Crippen LogP) is 2.60. The molecule has 3 nitrogen and oxygen atoms in total. The van der Waals surface area contributed by atoms with Gasteiger partial charge >= 0.3 is 0 Å². The van der Waals surface area contributed by atoms with E-state index in [1.807, 2.05) is 6.92 Å². The van der Waals surface area contributed by atoms with Gasteiger partial charge in [-0.25, -0.2) is 0 Å². The highest BCUT2D eigenvalue weighted by Gasteiger charge is 2.25. The molecule has 1 amide bonds. The predicted molar refractivity (Wildman–Crippen MR) is 74.4 cm³/mol. The highest BCUT2D eigenvalue weighted by atomic mass is 16.2. The second-order valence-corrected chi connectivity index (χ2v) is 6.31. The number of rotatable bonds is 6. The van der Waals surface area contributed by atoms with E-state index in [0.717, 1.165) is 18.8 Å². The third-order valence-electron chi connectivity index (χ3n) is 4.26. The number of hydrogen-bond donors (Lipinski definition) is 2. The third-order valence-corrected chi connectivity index (χ3v) is 4.26. The Labute approximate surface area is 111 Å². The smallest absolute Gasteiger partial charge is 0.237 e. The Bertz CT molecular complexity index is 270. The molecule has 0 aromatic carbocycles.